The van der Waals surface area contributed by atoms with Crippen LogP contribution in [0, 0.1) is 5.92 Å². The molecule has 0 spiro atoms. The number of nitrogens with one attached hydrogen (secondary N) is 1. The maximum absolute atomic E-state index is 12.6. The highest BCUT2D eigenvalue weighted by atomic mass is 32.1. The van der Waals surface area contributed by atoms with E-state index in [9.17, 15) is 4.79 Å². The van der Waals surface area contributed by atoms with E-state index in [0.717, 1.165) is 57.8 Å². The third kappa shape index (κ3) is 3.59. The van der Waals surface area contributed by atoms with Crippen molar-refractivity contribution in [3.8, 4) is 0 Å². The van der Waals surface area contributed by atoms with Crippen LogP contribution in [0.15, 0.2) is 5.51 Å². The van der Waals surface area contributed by atoms with Gasteiger partial charge < -0.3 is 10.1 Å². The van der Waals surface area contributed by atoms with Gasteiger partial charge in [0.15, 0.2) is 0 Å². The normalized spacial score (nSPS) is 29.4. The van der Waals surface area contributed by atoms with Gasteiger partial charge in [-0.1, -0.05) is 0 Å². The monoisotopic (exact) mass is 335 g/mol. The van der Waals surface area contributed by atoms with Gasteiger partial charge in [-0.25, -0.2) is 4.98 Å². The molecular formula is C17H25N3O2S. The van der Waals surface area contributed by atoms with Gasteiger partial charge in [0.1, 0.15) is 5.82 Å². The van der Waals surface area contributed by atoms with Crippen LogP contribution in [-0.2, 0) is 9.53 Å². The van der Waals surface area contributed by atoms with Gasteiger partial charge in [0.2, 0.25) is 5.91 Å². The molecule has 4 rings (SSSR count). The molecule has 1 aromatic heterocycles. The first-order chi connectivity index (χ1) is 11.3. The average Bonchev–Trinajstić information content (AvgIpc) is 3.35. The molecule has 3 aliphatic rings. The molecule has 5 nitrogen and oxygen atoms in total. The van der Waals surface area contributed by atoms with Crippen molar-refractivity contribution in [2.75, 3.05) is 31.6 Å². The minimum absolute atomic E-state index is 0.154. The Kier molecular flexibility index (Phi) is 4.64. The van der Waals surface area contributed by atoms with Crippen molar-refractivity contribution in [2.45, 2.75) is 50.5 Å². The number of anilines is 1. The number of carbonyl (C=O) groups is 1. The summed E-state index contributed by atoms with van der Waals surface area (Å²) >= 11 is 1.68. The van der Waals surface area contributed by atoms with E-state index >= 15 is 0 Å². The lowest BCUT2D eigenvalue weighted by Gasteiger charge is -2.38. The van der Waals surface area contributed by atoms with Crippen LogP contribution in [0.1, 0.15) is 49.3 Å². The molecule has 0 unspecified atom stereocenters. The number of rotatable bonds is 4. The number of carbonyl (C=O) groups excluding carboxylic acids is 1. The van der Waals surface area contributed by atoms with Crippen LogP contribution in [0.3, 0.4) is 0 Å². The molecule has 1 aromatic rings. The molecule has 0 radical (unpaired) electrons. The van der Waals surface area contributed by atoms with E-state index in [2.05, 4.69) is 15.2 Å². The molecule has 0 atom stereocenters. The second kappa shape index (κ2) is 6.87. The van der Waals surface area contributed by atoms with Gasteiger partial charge in [0.25, 0.3) is 0 Å². The van der Waals surface area contributed by atoms with Gasteiger partial charge in [-0.15, -0.1) is 11.3 Å². The Morgan fingerprint density at radius 3 is 2.61 bits per heavy atom. The number of amides is 1. The highest BCUT2D eigenvalue weighted by Gasteiger charge is 2.32. The summed E-state index contributed by atoms with van der Waals surface area (Å²) in [6.45, 7) is 3.80. The van der Waals surface area contributed by atoms with Crippen LogP contribution in [0.25, 0.3) is 0 Å². The molecule has 0 bridgehead atoms. The summed E-state index contributed by atoms with van der Waals surface area (Å²) < 4.78 is 5.43. The van der Waals surface area contributed by atoms with Crippen LogP contribution in [0.4, 0.5) is 5.82 Å². The predicted molar refractivity (Wildman–Crippen MR) is 90.9 cm³/mol. The van der Waals surface area contributed by atoms with Crippen molar-refractivity contribution in [3.63, 3.8) is 0 Å². The summed E-state index contributed by atoms with van der Waals surface area (Å²) in [5, 5.41) is 3.10. The first-order valence-electron chi connectivity index (χ1n) is 8.87. The summed E-state index contributed by atoms with van der Waals surface area (Å²) in [5.74, 6) is 1.81. The van der Waals surface area contributed by atoms with Gasteiger partial charge in [0, 0.05) is 25.0 Å². The Labute approximate surface area is 141 Å². The van der Waals surface area contributed by atoms with Crippen LogP contribution < -0.4 is 5.32 Å². The molecule has 2 aliphatic carbocycles. The largest absolute Gasteiger partial charge is 0.379 e. The van der Waals surface area contributed by atoms with Crippen molar-refractivity contribution < 1.29 is 9.53 Å². The van der Waals surface area contributed by atoms with Gasteiger partial charge >= 0.3 is 0 Å². The minimum atomic E-state index is 0.154. The number of nitrogens with zero attached hydrogens (tertiary/aromatic N) is 2. The molecule has 6 heteroatoms. The lowest BCUT2D eigenvalue weighted by molar-refractivity contribution is -0.121. The molecule has 3 fully saturated rings. The maximum atomic E-state index is 12.6. The van der Waals surface area contributed by atoms with Crippen molar-refractivity contribution in [3.05, 3.63) is 10.4 Å². The van der Waals surface area contributed by atoms with E-state index in [1.807, 2.05) is 5.51 Å². The van der Waals surface area contributed by atoms with Gasteiger partial charge in [-0.3, -0.25) is 9.69 Å². The van der Waals surface area contributed by atoms with Crippen LogP contribution in [0.5, 0.6) is 0 Å². The summed E-state index contributed by atoms with van der Waals surface area (Å²) in [7, 11) is 0. The average molecular weight is 335 g/mol. The zero-order chi connectivity index (χ0) is 15.6. The highest BCUT2D eigenvalue weighted by Crippen LogP contribution is 2.45. The summed E-state index contributed by atoms with van der Waals surface area (Å²) in [5.41, 5.74) is 1.86. The zero-order valence-corrected chi connectivity index (χ0v) is 14.3. The van der Waals surface area contributed by atoms with E-state index in [1.165, 1.54) is 17.7 Å². The number of aromatic nitrogens is 1. The van der Waals surface area contributed by atoms with E-state index in [1.54, 1.807) is 11.3 Å². The second-order valence-corrected chi connectivity index (χ2v) is 7.87. The van der Waals surface area contributed by atoms with Gasteiger partial charge in [-0.2, -0.15) is 0 Å². The quantitative estimate of drug-likeness (QED) is 0.919. The molecule has 1 amide bonds. The molecule has 23 heavy (non-hydrogen) atoms. The van der Waals surface area contributed by atoms with Crippen LogP contribution >= 0.6 is 11.3 Å². The van der Waals surface area contributed by atoms with Crippen molar-refractivity contribution in [1.29, 1.82) is 0 Å². The number of hydrogen-bond donors (Lipinski definition) is 1. The lowest BCUT2D eigenvalue weighted by atomic mass is 9.84. The minimum Gasteiger partial charge on any atom is -0.379 e. The van der Waals surface area contributed by atoms with Gasteiger partial charge in [0.05, 0.1) is 23.6 Å². The third-order valence-corrected chi connectivity index (χ3v) is 6.41. The number of ether oxygens (including phenoxy) is 1. The first-order valence-corrected chi connectivity index (χ1v) is 9.75. The fourth-order valence-corrected chi connectivity index (χ4v) is 4.76. The van der Waals surface area contributed by atoms with Crippen LogP contribution in [0.2, 0.25) is 0 Å². The highest BCUT2D eigenvalue weighted by molar-refractivity contribution is 7.10. The van der Waals surface area contributed by atoms with E-state index < -0.39 is 0 Å². The fraction of sp³-hybridized carbons (Fsp3) is 0.765. The van der Waals surface area contributed by atoms with Gasteiger partial charge in [-0.05, 0) is 44.4 Å². The van der Waals surface area contributed by atoms with E-state index in [4.69, 9.17) is 4.74 Å². The standard InChI is InChI=1S/C17H25N3O2S/c21-17(19-16-15(12-1-2-12)23-11-18-16)13-3-5-14(6-4-13)20-7-9-22-10-8-20/h11-14H,1-10H2,(H,19,21). The molecule has 2 saturated carbocycles. The number of morpholine rings is 1. The smallest absolute Gasteiger partial charge is 0.228 e. The molecule has 1 aliphatic heterocycles. The van der Waals surface area contributed by atoms with Crippen molar-refractivity contribution in [1.82, 2.24) is 9.88 Å². The zero-order valence-electron chi connectivity index (χ0n) is 13.5. The lowest BCUT2D eigenvalue weighted by Crippen LogP contribution is -2.45. The molecule has 0 aromatic carbocycles. The molecule has 126 valence electrons. The van der Waals surface area contributed by atoms with E-state index in [0.29, 0.717) is 12.0 Å². The summed E-state index contributed by atoms with van der Waals surface area (Å²) in [6.07, 6.45) is 6.74. The van der Waals surface area contributed by atoms with Crippen molar-refractivity contribution >= 4 is 23.1 Å². The summed E-state index contributed by atoms with van der Waals surface area (Å²) in [4.78, 5) is 20.8. The maximum Gasteiger partial charge on any atom is 0.228 e. The Morgan fingerprint density at radius 2 is 1.91 bits per heavy atom. The molecule has 1 N–H and O–H groups in total. The third-order valence-electron chi connectivity index (χ3n) is 5.41. The Balaban J connectivity index is 1.29. The van der Waals surface area contributed by atoms with Crippen LogP contribution in [-0.4, -0.2) is 48.1 Å². The topological polar surface area (TPSA) is 54.5 Å². The number of thiazole rings is 1. The van der Waals surface area contributed by atoms with Crippen molar-refractivity contribution in [2.24, 2.45) is 5.92 Å². The first kappa shape index (κ1) is 15.5. The summed E-state index contributed by atoms with van der Waals surface area (Å²) in [6, 6.07) is 0.643. The molecule has 1 saturated heterocycles. The molecule has 2 heterocycles. The number of hydrogen-bond acceptors (Lipinski definition) is 5. The Hall–Kier alpha value is -0.980. The van der Waals surface area contributed by atoms with E-state index in [-0.39, 0.29) is 11.8 Å². The SMILES string of the molecule is O=C(Nc1ncsc1C1CC1)C1CCC(N2CCOCC2)CC1. The predicted octanol–water partition coefficient (Wildman–Crippen LogP) is 2.85. The second-order valence-electron chi connectivity index (χ2n) is 6.98. The fourth-order valence-electron chi connectivity index (χ4n) is 3.85. The Morgan fingerprint density at radius 1 is 1.17 bits per heavy atom. The molecular weight excluding hydrogens is 310 g/mol. The Bertz CT molecular complexity index is 544.